The van der Waals surface area contributed by atoms with Gasteiger partial charge in [0.05, 0.1) is 17.2 Å². The SMILES string of the molecule is CC1NCC2C(=S)NCCN12. The second kappa shape index (κ2) is 2.69. The van der Waals surface area contributed by atoms with E-state index in [0.717, 1.165) is 24.6 Å². The highest BCUT2D eigenvalue weighted by atomic mass is 32.1. The van der Waals surface area contributed by atoms with Crippen LogP contribution in [0.2, 0.25) is 0 Å². The third-order valence-corrected chi connectivity index (χ3v) is 2.89. The largest absolute Gasteiger partial charge is 0.377 e. The fourth-order valence-corrected chi connectivity index (χ4v) is 2.13. The monoisotopic (exact) mass is 171 g/mol. The summed E-state index contributed by atoms with van der Waals surface area (Å²) in [7, 11) is 0. The Morgan fingerprint density at radius 3 is 3.18 bits per heavy atom. The van der Waals surface area contributed by atoms with Crippen molar-refractivity contribution in [3.63, 3.8) is 0 Å². The lowest BCUT2D eigenvalue weighted by molar-refractivity contribution is 0.223. The van der Waals surface area contributed by atoms with Crippen LogP contribution >= 0.6 is 12.2 Å². The van der Waals surface area contributed by atoms with Gasteiger partial charge in [0.25, 0.3) is 0 Å². The summed E-state index contributed by atoms with van der Waals surface area (Å²) < 4.78 is 0. The zero-order valence-corrected chi connectivity index (χ0v) is 7.45. The molecule has 2 heterocycles. The molecule has 62 valence electrons. The Bertz CT molecular complexity index is 183. The average molecular weight is 171 g/mol. The van der Waals surface area contributed by atoms with Gasteiger partial charge in [-0.3, -0.25) is 10.2 Å². The fourth-order valence-electron chi connectivity index (χ4n) is 1.81. The van der Waals surface area contributed by atoms with E-state index in [1.54, 1.807) is 0 Å². The Morgan fingerprint density at radius 2 is 2.45 bits per heavy atom. The van der Waals surface area contributed by atoms with Crippen molar-refractivity contribution in [1.82, 2.24) is 15.5 Å². The average Bonchev–Trinajstić information content (AvgIpc) is 2.35. The molecule has 2 saturated heterocycles. The summed E-state index contributed by atoms with van der Waals surface area (Å²) in [5.74, 6) is 0. The molecule has 2 N–H and O–H groups in total. The number of rotatable bonds is 0. The van der Waals surface area contributed by atoms with Crippen molar-refractivity contribution in [3.05, 3.63) is 0 Å². The van der Waals surface area contributed by atoms with E-state index in [2.05, 4.69) is 22.5 Å². The molecule has 0 saturated carbocycles. The predicted molar refractivity (Wildman–Crippen MR) is 48.6 cm³/mol. The molecule has 0 aliphatic carbocycles. The lowest BCUT2D eigenvalue weighted by atomic mass is 10.2. The van der Waals surface area contributed by atoms with Crippen LogP contribution in [0, 0.1) is 0 Å². The summed E-state index contributed by atoms with van der Waals surface area (Å²) >= 11 is 5.20. The van der Waals surface area contributed by atoms with Gasteiger partial charge in [-0.05, 0) is 6.92 Å². The topological polar surface area (TPSA) is 27.3 Å². The fraction of sp³-hybridized carbons (Fsp3) is 0.857. The van der Waals surface area contributed by atoms with Gasteiger partial charge in [0.1, 0.15) is 0 Å². The van der Waals surface area contributed by atoms with E-state index in [9.17, 15) is 0 Å². The number of nitrogens with one attached hydrogen (secondary N) is 2. The maximum Gasteiger partial charge on any atom is 0.0942 e. The van der Waals surface area contributed by atoms with E-state index in [0.29, 0.717) is 12.2 Å². The smallest absolute Gasteiger partial charge is 0.0942 e. The lowest BCUT2D eigenvalue weighted by Gasteiger charge is -2.32. The molecule has 2 fully saturated rings. The van der Waals surface area contributed by atoms with Gasteiger partial charge in [-0.15, -0.1) is 0 Å². The third-order valence-electron chi connectivity index (χ3n) is 2.48. The molecule has 0 spiro atoms. The van der Waals surface area contributed by atoms with Crippen LogP contribution in [0.4, 0.5) is 0 Å². The minimum atomic E-state index is 0.453. The number of thiocarbonyl (C=S) groups is 1. The Balaban J connectivity index is 2.13. The highest BCUT2D eigenvalue weighted by Gasteiger charge is 2.34. The molecule has 0 bridgehead atoms. The minimum Gasteiger partial charge on any atom is -0.377 e. The molecular weight excluding hydrogens is 158 g/mol. The van der Waals surface area contributed by atoms with Gasteiger partial charge >= 0.3 is 0 Å². The maximum absolute atomic E-state index is 5.20. The van der Waals surface area contributed by atoms with Crippen LogP contribution in [0.25, 0.3) is 0 Å². The van der Waals surface area contributed by atoms with Crippen LogP contribution in [0.15, 0.2) is 0 Å². The van der Waals surface area contributed by atoms with Gasteiger partial charge < -0.3 is 5.32 Å². The van der Waals surface area contributed by atoms with E-state index < -0.39 is 0 Å². The van der Waals surface area contributed by atoms with Crippen molar-refractivity contribution in [2.24, 2.45) is 0 Å². The molecule has 4 heteroatoms. The molecule has 2 atom stereocenters. The van der Waals surface area contributed by atoms with E-state index >= 15 is 0 Å². The van der Waals surface area contributed by atoms with Crippen LogP contribution in [0.3, 0.4) is 0 Å². The summed E-state index contributed by atoms with van der Waals surface area (Å²) in [6, 6.07) is 0.453. The summed E-state index contributed by atoms with van der Waals surface area (Å²) in [6.45, 7) is 5.31. The number of nitrogens with zero attached hydrogens (tertiary/aromatic N) is 1. The number of piperazine rings is 1. The second-order valence-electron chi connectivity index (χ2n) is 3.13. The first-order chi connectivity index (χ1) is 5.29. The molecule has 0 aromatic heterocycles. The summed E-state index contributed by atoms with van der Waals surface area (Å²) in [4.78, 5) is 3.42. The molecule has 2 rings (SSSR count). The first kappa shape index (κ1) is 7.46. The van der Waals surface area contributed by atoms with E-state index in [-0.39, 0.29) is 0 Å². The number of fused-ring (bicyclic) bond motifs is 1. The van der Waals surface area contributed by atoms with Gasteiger partial charge in [-0.1, -0.05) is 12.2 Å². The normalized spacial score (nSPS) is 38.5. The molecular formula is C7H13N3S. The van der Waals surface area contributed by atoms with E-state index in [1.807, 2.05) is 0 Å². The standard InChI is InChI=1S/C7H13N3S/c1-5-9-4-6-7(11)8-2-3-10(5)6/h5-6,9H,2-4H2,1H3,(H,8,11). The highest BCUT2D eigenvalue weighted by Crippen LogP contribution is 2.13. The van der Waals surface area contributed by atoms with Crippen molar-refractivity contribution >= 4 is 17.2 Å². The Kier molecular flexibility index (Phi) is 1.83. The quantitative estimate of drug-likeness (QED) is 0.482. The molecule has 0 aromatic rings. The molecule has 0 radical (unpaired) electrons. The number of hydrogen-bond acceptors (Lipinski definition) is 3. The third kappa shape index (κ3) is 1.15. The maximum atomic E-state index is 5.20. The van der Waals surface area contributed by atoms with Crippen molar-refractivity contribution in [2.75, 3.05) is 19.6 Å². The van der Waals surface area contributed by atoms with Crippen molar-refractivity contribution in [3.8, 4) is 0 Å². The zero-order chi connectivity index (χ0) is 7.84. The highest BCUT2D eigenvalue weighted by molar-refractivity contribution is 7.80. The van der Waals surface area contributed by atoms with Crippen LogP contribution in [-0.2, 0) is 0 Å². The molecule has 0 amide bonds. The van der Waals surface area contributed by atoms with Gasteiger partial charge in [-0.25, -0.2) is 0 Å². The second-order valence-corrected chi connectivity index (χ2v) is 3.57. The first-order valence-electron chi connectivity index (χ1n) is 4.06. The summed E-state index contributed by atoms with van der Waals surface area (Å²) in [6.07, 6.45) is 0.500. The van der Waals surface area contributed by atoms with Crippen LogP contribution in [0.1, 0.15) is 6.92 Å². The molecule has 2 unspecified atom stereocenters. The summed E-state index contributed by atoms with van der Waals surface area (Å²) in [5, 5.41) is 6.61. The van der Waals surface area contributed by atoms with E-state index in [4.69, 9.17) is 12.2 Å². The van der Waals surface area contributed by atoms with Gasteiger partial charge in [0.2, 0.25) is 0 Å². The van der Waals surface area contributed by atoms with Crippen LogP contribution < -0.4 is 10.6 Å². The van der Waals surface area contributed by atoms with Crippen molar-refractivity contribution in [1.29, 1.82) is 0 Å². The van der Waals surface area contributed by atoms with Crippen molar-refractivity contribution in [2.45, 2.75) is 19.1 Å². The van der Waals surface area contributed by atoms with Gasteiger partial charge in [-0.2, -0.15) is 0 Å². The minimum absolute atomic E-state index is 0.453. The van der Waals surface area contributed by atoms with Crippen molar-refractivity contribution < 1.29 is 0 Å². The lowest BCUT2D eigenvalue weighted by Crippen LogP contribution is -2.53. The summed E-state index contributed by atoms with van der Waals surface area (Å²) in [5.41, 5.74) is 0. The molecule has 0 aromatic carbocycles. The molecule has 2 aliphatic rings. The predicted octanol–water partition coefficient (Wildman–Crippen LogP) is -0.463. The van der Waals surface area contributed by atoms with Gasteiger partial charge in [0, 0.05) is 19.6 Å². The van der Waals surface area contributed by atoms with Crippen LogP contribution in [-0.4, -0.2) is 41.7 Å². The molecule has 11 heavy (non-hydrogen) atoms. The molecule has 3 nitrogen and oxygen atoms in total. The van der Waals surface area contributed by atoms with E-state index in [1.165, 1.54) is 0 Å². The molecule has 2 aliphatic heterocycles. The number of hydrogen-bond donors (Lipinski definition) is 2. The Hall–Kier alpha value is -0.190. The Morgan fingerprint density at radius 1 is 1.64 bits per heavy atom. The Labute approximate surface area is 72.1 Å². The zero-order valence-electron chi connectivity index (χ0n) is 6.63. The van der Waals surface area contributed by atoms with Crippen LogP contribution in [0.5, 0.6) is 0 Å². The first-order valence-corrected chi connectivity index (χ1v) is 4.47. The van der Waals surface area contributed by atoms with Gasteiger partial charge in [0.15, 0.2) is 0 Å².